The van der Waals surface area contributed by atoms with Crippen LogP contribution in [-0.2, 0) is 6.54 Å². The van der Waals surface area contributed by atoms with Crippen molar-refractivity contribution in [3.63, 3.8) is 0 Å². The van der Waals surface area contributed by atoms with E-state index in [0.717, 1.165) is 17.0 Å². The molecule has 25 heavy (non-hydrogen) atoms. The molecule has 3 rings (SSSR count). The third kappa shape index (κ3) is 4.30. The predicted octanol–water partition coefficient (Wildman–Crippen LogP) is 3.27. The summed E-state index contributed by atoms with van der Waals surface area (Å²) >= 11 is 1.28. The molecule has 0 radical (unpaired) electrons. The fraction of sp³-hybridized carbons (Fsp3) is 0.176. The number of aromatic nitrogens is 3. The van der Waals surface area contributed by atoms with Gasteiger partial charge in [0.2, 0.25) is 5.13 Å². The number of nitrogens with zero attached hydrogens (tertiary/aromatic N) is 4. The van der Waals surface area contributed by atoms with Gasteiger partial charge >= 0.3 is 6.03 Å². The van der Waals surface area contributed by atoms with E-state index in [1.807, 2.05) is 42.5 Å². The molecule has 0 fully saturated rings. The summed E-state index contributed by atoms with van der Waals surface area (Å²) < 4.78 is 5.13. The van der Waals surface area contributed by atoms with Crippen LogP contribution in [0.15, 0.2) is 48.7 Å². The quantitative estimate of drug-likeness (QED) is 0.760. The van der Waals surface area contributed by atoms with Gasteiger partial charge in [-0.05, 0) is 29.8 Å². The van der Waals surface area contributed by atoms with Crippen molar-refractivity contribution < 1.29 is 9.53 Å². The van der Waals surface area contributed by atoms with Crippen molar-refractivity contribution >= 4 is 22.5 Å². The Labute approximate surface area is 149 Å². The molecule has 1 aromatic carbocycles. The Balaban J connectivity index is 1.60. The molecule has 0 saturated heterocycles. The summed E-state index contributed by atoms with van der Waals surface area (Å²) in [6, 6.07) is 12.9. The molecule has 1 N–H and O–H groups in total. The summed E-state index contributed by atoms with van der Waals surface area (Å²) in [5.41, 5.74) is 1.73. The average Bonchev–Trinajstić information content (AvgIpc) is 3.11. The van der Waals surface area contributed by atoms with Crippen molar-refractivity contribution in [1.29, 1.82) is 0 Å². The topological polar surface area (TPSA) is 80.2 Å². The minimum atomic E-state index is -0.250. The van der Waals surface area contributed by atoms with Crippen LogP contribution in [0.2, 0.25) is 0 Å². The van der Waals surface area contributed by atoms with Gasteiger partial charge in [0, 0.05) is 19.8 Å². The van der Waals surface area contributed by atoms with Crippen LogP contribution in [0.4, 0.5) is 9.93 Å². The number of rotatable bonds is 5. The van der Waals surface area contributed by atoms with E-state index >= 15 is 0 Å². The van der Waals surface area contributed by atoms with Crippen LogP contribution in [-0.4, -0.2) is 40.3 Å². The number of carbonyl (C=O) groups excluding carboxylic acids is 1. The molecule has 8 heteroatoms. The van der Waals surface area contributed by atoms with Crippen molar-refractivity contribution in [3.8, 4) is 16.5 Å². The van der Waals surface area contributed by atoms with Gasteiger partial charge in [-0.1, -0.05) is 29.5 Å². The molecule has 0 unspecified atom stereocenters. The Kier molecular flexibility index (Phi) is 5.20. The lowest BCUT2D eigenvalue weighted by Crippen LogP contribution is -2.30. The number of methoxy groups -OCH3 is 1. The largest absolute Gasteiger partial charge is 0.497 e. The molecule has 0 aliphatic rings. The Morgan fingerprint density at radius 2 is 2.00 bits per heavy atom. The fourth-order valence-corrected chi connectivity index (χ4v) is 2.84. The van der Waals surface area contributed by atoms with E-state index in [9.17, 15) is 4.79 Å². The first-order valence-corrected chi connectivity index (χ1v) is 8.37. The third-order valence-corrected chi connectivity index (χ3v) is 4.31. The Bertz CT molecular complexity index is 836. The molecule has 2 aromatic heterocycles. The Hall–Kier alpha value is -3.00. The zero-order chi connectivity index (χ0) is 17.6. The minimum absolute atomic E-state index is 0.250. The van der Waals surface area contributed by atoms with E-state index in [0.29, 0.717) is 16.7 Å². The maximum Gasteiger partial charge on any atom is 0.323 e. The Morgan fingerprint density at radius 1 is 1.20 bits per heavy atom. The van der Waals surface area contributed by atoms with Gasteiger partial charge in [0.25, 0.3) is 0 Å². The summed E-state index contributed by atoms with van der Waals surface area (Å²) in [5.74, 6) is 0.784. The molecule has 0 aliphatic carbocycles. The van der Waals surface area contributed by atoms with Crippen LogP contribution in [0.3, 0.4) is 0 Å². The number of carbonyl (C=O) groups is 1. The molecular formula is C17H17N5O2S. The molecule has 2 amide bonds. The van der Waals surface area contributed by atoms with Gasteiger partial charge in [-0.3, -0.25) is 10.3 Å². The molecule has 0 atom stereocenters. The van der Waals surface area contributed by atoms with Gasteiger partial charge in [-0.25, -0.2) is 4.79 Å². The number of ether oxygens (including phenoxy) is 1. The first-order chi connectivity index (χ1) is 12.2. The SMILES string of the molecule is COc1ccc(CN(C)C(=O)Nc2nnc(-c3ccccn3)s2)cc1. The highest BCUT2D eigenvalue weighted by Crippen LogP contribution is 2.24. The number of benzene rings is 1. The lowest BCUT2D eigenvalue weighted by Gasteiger charge is -2.17. The summed E-state index contributed by atoms with van der Waals surface area (Å²) in [6.45, 7) is 0.474. The van der Waals surface area contributed by atoms with Crippen LogP contribution in [0.1, 0.15) is 5.56 Å². The highest BCUT2D eigenvalue weighted by Gasteiger charge is 2.13. The maximum absolute atomic E-state index is 12.3. The van der Waals surface area contributed by atoms with E-state index in [1.54, 1.807) is 25.3 Å². The molecule has 0 bridgehead atoms. The van der Waals surface area contributed by atoms with Crippen molar-refractivity contribution in [3.05, 3.63) is 54.2 Å². The van der Waals surface area contributed by atoms with Crippen LogP contribution in [0, 0.1) is 0 Å². The monoisotopic (exact) mass is 355 g/mol. The summed E-state index contributed by atoms with van der Waals surface area (Å²) in [5, 5.41) is 11.9. The second kappa shape index (κ2) is 7.71. The van der Waals surface area contributed by atoms with Crippen LogP contribution in [0.25, 0.3) is 10.7 Å². The predicted molar refractivity (Wildman–Crippen MR) is 96.6 cm³/mol. The van der Waals surface area contributed by atoms with Crippen molar-refractivity contribution in [2.45, 2.75) is 6.54 Å². The normalized spacial score (nSPS) is 10.3. The number of urea groups is 1. The van der Waals surface area contributed by atoms with E-state index in [-0.39, 0.29) is 6.03 Å². The van der Waals surface area contributed by atoms with E-state index in [2.05, 4.69) is 20.5 Å². The van der Waals surface area contributed by atoms with Gasteiger partial charge in [-0.15, -0.1) is 10.2 Å². The smallest absolute Gasteiger partial charge is 0.323 e. The molecule has 0 spiro atoms. The van der Waals surface area contributed by atoms with Gasteiger partial charge in [0.05, 0.1) is 7.11 Å². The number of amides is 2. The van der Waals surface area contributed by atoms with Crippen molar-refractivity contribution in [2.75, 3.05) is 19.5 Å². The maximum atomic E-state index is 12.3. The van der Waals surface area contributed by atoms with Crippen LogP contribution < -0.4 is 10.1 Å². The van der Waals surface area contributed by atoms with Gasteiger partial charge in [-0.2, -0.15) is 0 Å². The second-order valence-corrected chi connectivity index (χ2v) is 6.24. The van der Waals surface area contributed by atoms with Crippen molar-refractivity contribution in [1.82, 2.24) is 20.1 Å². The molecule has 128 valence electrons. The van der Waals surface area contributed by atoms with Gasteiger partial charge in [0.15, 0.2) is 5.01 Å². The van der Waals surface area contributed by atoms with Gasteiger partial charge < -0.3 is 9.64 Å². The number of anilines is 1. The van der Waals surface area contributed by atoms with Crippen LogP contribution >= 0.6 is 11.3 Å². The molecule has 3 aromatic rings. The molecular weight excluding hydrogens is 338 g/mol. The highest BCUT2D eigenvalue weighted by atomic mass is 32.1. The minimum Gasteiger partial charge on any atom is -0.497 e. The summed E-state index contributed by atoms with van der Waals surface area (Å²) in [6.07, 6.45) is 1.69. The summed E-state index contributed by atoms with van der Waals surface area (Å²) in [7, 11) is 3.34. The number of nitrogens with one attached hydrogen (secondary N) is 1. The number of hydrogen-bond donors (Lipinski definition) is 1. The number of pyridine rings is 1. The van der Waals surface area contributed by atoms with E-state index in [1.165, 1.54) is 11.3 Å². The first-order valence-electron chi connectivity index (χ1n) is 7.55. The highest BCUT2D eigenvalue weighted by molar-refractivity contribution is 7.18. The molecule has 0 aliphatic heterocycles. The standard InChI is InChI=1S/C17H17N5O2S/c1-22(11-12-6-8-13(24-2)9-7-12)17(23)19-16-21-20-15(25-16)14-5-3-4-10-18-14/h3-10H,11H2,1-2H3,(H,19,21,23). The third-order valence-electron chi connectivity index (χ3n) is 3.45. The lowest BCUT2D eigenvalue weighted by molar-refractivity contribution is 0.220. The molecule has 0 saturated carbocycles. The van der Waals surface area contributed by atoms with Crippen molar-refractivity contribution in [2.24, 2.45) is 0 Å². The summed E-state index contributed by atoms with van der Waals surface area (Å²) in [4.78, 5) is 18.1. The average molecular weight is 355 g/mol. The Morgan fingerprint density at radius 3 is 2.68 bits per heavy atom. The first kappa shape index (κ1) is 16.8. The molecule has 2 heterocycles. The van der Waals surface area contributed by atoms with Crippen LogP contribution in [0.5, 0.6) is 5.75 Å². The second-order valence-electron chi connectivity index (χ2n) is 5.26. The number of hydrogen-bond acceptors (Lipinski definition) is 6. The lowest BCUT2D eigenvalue weighted by atomic mass is 10.2. The van der Waals surface area contributed by atoms with E-state index in [4.69, 9.17) is 4.74 Å². The fourth-order valence-electron chi connectivity index (χ4n) is 2.13. The zero-order valence-corrected chi connectivity index (χ0v) is 14.7. The molecule has 7 nitrogen and oxygen atoms in total. The van der Waals surface area contributed by atoms with Gasteiger partial charge in [0.1, 0.15) is 11.4 Å². The zero-order valence-electron chi connectivity index (χ0n) is 13.8. The van der Waals surface area contributed by atoms with E-state index < -0.39 is 0 Å².